The Morgan fingerprint density at radius 3 is 2.00 bits per heavy atom. The largest absolute Gasteiger partial charge is 0.494 e. The van der Waals surface area contributed by atoms with Crippen LogP contribution in [0.5, 0.6) is 0 Å². The Kier molecular flexibility index (Phi) is 5.15. The van der Waals surface area contributed by atoms with Gasteiger partial charge in [-0.15, -0.1) is 0 Å². The van der Waals surface area contributed by atoms with E-state index in [1.807, 2.05) is 52.0 Å². The van der Waals surface area contributed by atoms with Gasteiger partial charge in [-0.25, -0.2) is 4.39 Å². The summed E-state index contributed by atoms with van der Waals surface area (Å²) in [6.45, 7) is 9.84. The van der Waals surface area contributed by atoms with E-state index in [4.69, 9.17) is 9.31 Å². The first-order valence-corrected chi connectivity index (χ1v) is 9.11. The average Bonchev–Trinajstić information content (AvgIpc) is 2.83. The normalized spacial score (nSPS) is 19.0. The number of hydrogen-bond acceptors (Lipinski definition) is 3. The standard InChI is InChI=1S/C21H25BFNO3/c1-14(15-6-10-17(23)11-7-15)19(25)24-18-12-8-16(9-13-18)22-26-20(2,3)21(4,5)27-22/h6-14H,1-5H3,(H,24,25)/t14-/m1/s1. The Hall–Kier alpha value is -2.18. The predicted octanol–water partition coefficient (Wildman–Crippen LogP) is 3.87. The second-order valence-corrected chi connectivity index (χ2v) is 7.97. The van der Waals surface area contributed by atoms with Gasteiger partial charge < -0.3 is 14.6 Å². The van der Waals surface area contributed by atoms with Crippen molar-refractivity contribution in [1.29, 1.82) is 0 Å². The Morgan fingerprint density at radius 1 is 0.963 bits per heavy atom. The quantitative estimate of drug-likeness (QED) is 0.833. The van der Waals surface area contributed by atoms with Crippen LogP contribution in [0.25, 0.3) is 0 Å². The van der Waals surface area contributed by atoms with Crippen molar-refractivity contribution in [2.24, 2.45) is 0 Å². The molecule has 1 atom stereocenters. The maximum Gasteiger partial charge on any atom is 0.494 e. The maximum absolute atomic E-state index is 13.0. The summed E-state index contributed by atoms with van der Waals surface area (Å²) in [6, 6.07) is 13.4. The van der Waals surface area contributed by atoms with Gasteiger partial charge in [0.05, 0.1) is 17.1 Å². The lowest BCUT2D eigenvalue weighted by atomic mass is 9.79. The number of carbonyl (C=O) groups is 1. The highest BCUT2D eigenvalue weighted by Gasteiger charge is 2.51. The highest BCUT2D eigenvalue weighted by Crippen LogP contribution is 2.36. The second kappa shape index (κ2) is 7.10. The van der Waals surface area contributed by atoms with Crippen molar-refractivity contribution in [1.82, 2.24) is 0 Å². The van der Waals surface area contributed by atoms with Crippen LogP contribution in [0.4, 0.5) is 10.1 Å². The van der Waals surface area contributed by atoms with Crippen LogP contribution in [0.1, 0.15) is 46.1 Å². The molecule has 1 amide bonds. The van der Waals surface area contributed by atoms with Gasteiger partial charge in [-0.2, -0.15) is 0 Å². The predicted molar refractivity (Wildman–Crippen MR) is 106 cm³/mol. The van der Waals surface area contributed by atoms with Crippen LogP contribution in [0.3, 0.4) is 0 Å². The van der Waals surface area contributed by atoms with Crippen LogP contribution in [0.15, 0.2) is 48.5 Å². The molecule has 1 aliphatic rings. The Labute approximate surface area is 160 Å². The lowest BCUT2D eigenvalue weighted by molar-refractivity contribution is -0.117. The molecule has 0 bridgehead atoms. The first-order valence-electron chi connectivity index (χ1n) is 9.11. The molecule has 1 aliphatic heterocycles. The summed E-state index contributed by atoms with van der Waals surface area (Å²) < 4.78 is 25.1. The van der Waals surface area contributed by atoms with Crippen LogP contribution in [0, 0.1) is 5.82 Å². The third-order valence-corrected chi connectivity index (χ3v) is 5.47. The molecule has 1 heterocycles. The molecule has 1 fully saturated rings. The van der Waals surface area contributed by atoms with Crippen LogP contribution in [-0.4, -0.2) is 24.2 Å². The Bertz CT molecular complexity index is 802. The van der Waals surface area contributed by atoms with Gasteiger partial charge in [0.1, 0.15) is 5.82 Å². The number of carbonyl (C=O) groups excluding carboxylic acids is 1. The number of halogens is 1. The molecule has 2 aromatic carbocycles. The zero-order valence-corrected chi connectivity index (χ0v) is 16.4. The second-order valence-electron chi connectivity index (χ2n) is 7.97. The van der Waals surface area contributed by atoms with Crippen molar-refractivity contribution in [3.05, 3.63) is 59.9 Å². The van der Waals surface area contributed by atoms with Crippen LogP contribution in [0.2, 0.25) is 0 Å². The molecule has 0 radical (unpaired) electrons. The number of amides is 1. The van der Waals surface area contributed by atoms with Crippen molar-refractivity contribution >= 4 is 24.2 Å². The fourth-order valence-electron chi connectivity index (χ4n) is 2.86. The Balaban J connectivity index is 1.66. The average molecular weight is 369 g/mol. The van der Waals surface area contributed by atoms with Gasteiger partial charge in [0.15, 0.2) is 0 Å². The van der Waals surface area contributed by atoms with Gasteiger partial charge in [-0.1, -0.05) is 24.3 Å². The summed E-state index contributed by atoms with van der Waals surface area (Å²) in [5.74, 6) is -0.844. The zero-order chi connectivity index (χ0) is 19.8. The van der Waals surface area contributed by atoms with E-state index in [1.54, 1.807) is 19.1 Å². The molecule has 27 heavy (non-hydrogen) atoms. The molecule has 1 saturated heterocycles. The van der Waals surface area contributed by atoms with Crippen LogP contribution in [-0.2, 0) is 14.1 Å². The minimum absolute atomic E-state index is 0.148. The van der Waals surface area contributed by atoms with Crippen molar-refractivity contribution in [2.75, 3.05) is 5.32 Å². The third-order valence-electron chi connectivity index (χ3n) is 5.47. The van der Waals surface area contributed by atoms with E-state index in [9.17, 15) is 9.18 Å². The molecule has 0 aromatic heterocycles. The first-order chi connectivity index (χ1) is 12.6. The number of hydrogen-bond donors (Lipinski definition) is 1. The van der Waals surface area contributed by atoms with Crippen molar-refractivity contribution in [3.63, 3.8) is 0 Å². The topological polar surface area (TPSA) is 47.6 Å². The summed E-state index contributed by atoms with van der Waals surface area (Å²) in [6.07, 6.45) is 0. The monoisotopic (exact) mass is 369 g/mol. The van der Waals surface area contributed by atoms with E-state index in [1.165, 1.54) is 12.1 Å². The number of anilines is 1. The van der Waals surface area contributed by atoms with Crippen LogP contribution >= 0.6 is 0 Å². The van der Waals surface area contributed by atoms with E-state index in [0.717, 1.165) is 11.0 Å². The van der Waals surface area contributed by atoms with Gasteiger partial charge in [0, 0.05) is 5.69 Å². The van der Waals surface area contributed by atoms with E-state index in [2.05, 4.69) is 5.32 Å². The highest BCUT2D eigenvalue weighted by atomic mass is 19.1. The van der Waals surface area contributed by atoms with E-state index < -0.39 is 18.3 Å². The molecule has 142 valence electrons. The van der Waals surface area contributed by atoms with Crippen molar-refractivity contribution < 1.29 is 18.5 Å². The SMILES string of the molecule is C[C@@H](C(=O)Nc1ccc(B2OC(C)(C)C(C)(C)O2)cc1)c1ccc(F)cc1. The summed E-state index contributed by atoms with van der Waals surface area (Å²) >= 11 is 0. The third kappa shape index (κ3) is 4.07. The molecule has 0 aliphatic carbocycles. The smallest absolute Gasteiger partial charge is 0.399 e. The molecule has 0 spiro atoms. The summed E-state index contributed by atoms with van der Waals surface area (Å²) in [7, 11) is -0.433. The van der Waals surface area contributed by atoms with E-state index in [0.29, 0.717) is 5.69 Å². The fourth-order valence-corrected chi connectivity index (χ4v) is 2.86. The number of benzene rings is 2. The summed E-state index contributed by atoms with van der Waals surface area (Å²) in [5.41, 5.74) is 1.57. The highest BCUT2D eigenvalue weighted by molar-refractivity contribution is 6.62. The number of nitrogens with one attached hydrogen (secondary N) is 1. The molecule has 1 N–H and O–H groups in total. The van der Waals surface area contributed by atoms with Gasteiger partial charge in [0.25, 0.3) is 0 Å². The van der Waals surface area contributed by atoms with E-state index >= 15 is 0 Å². The lowest BCUT2D eigenvalue weighted by Gasteiger charge is -2.32. The Morgan fingerprint density at radius 2 is 1.48 bits per heavy atom. The van der Waals surface area contributed by atoms with Gasteiger partial charge in [-0.3, -0.25) is 4.79 Å². The first kappa shape index (κ1) is 19.6. The van der Waals surface area contributed by atoms with Crippen molar-refractivity contribution in [2.45, 2.75) is 51.7 Å². The van der Waals surface area contributed by atoms with Gasteiger partial charge in [0.2, 0.25) is 5.91 Å². The fraction of sp³-hybridized carbons (Fsp3) is 0.381. The number of rotatable bonds is 4. The molecule has 6 heteroatoms. The lowest BCUT2D eigenvalue weighted by Crippen LogP contribution is -2.41. The summed E-state index contributed by atoms with van der Waals surface area (Å²) in [4.78, 5) is 12.5. The molecule has 0 unspecified atom stereocenters. The molecule has 0 saturated carbocycles. The minimum Gasteiger partial charge on any atom is -0.399 e. The van der Waals surface area contributed by atoms with Gasteiger partial charge in [-0.05, 0) is 69.9 Å². The molecular formula is C21H25BFNO3. The summed E-state index contributed by atoms with van der Waals surface area (Å²) in [5, 5.41) is 2.89. The maximum atomic E-state index is 13.0. The minimum atomic E-state index is -0.433. The van der Waals surface area contributed by atoms with Crippen LogP contribution < -0.4 is 10.8 Å². The molecule has 4 nitrogen and oxygen atoms in total. The molecule has 2 aromatic rings. The zero-order valence-electron chi connectivity index (χ0n) is 16.4. The van der Waals surface area contributed by atoms with Gasteiger partial charge >= 0.3 is 7.12 Å². The van der Waals surface area contributed by atoms with Crippen molar-refractivity contribution in [3.8, 4) is 0 Å². The molecule has 3 rings (SSSR count). The van der Waals surface area contributed by atoms with E-state index in [-0.39, 0.29) is 17.6 Å². The molecular weight excluding hydrogens is 344 g/mol.